The lowest BCUT2D eigenvalue weighted by molar-refractivity contribution is -0.160. The molecule has 0 aliphatic carbocycles. The number of carboxylic acids is 1. The number of piperidine rings is 1. The topological polar surface area (TPSA) is 80.0 Å². The Hall–Kier alpha value is -3.71. The SMILES string of the molecule is Cc1nc2cc3nn2c(c1[C@H](OC(C)(C)C)C(=O)O)N1CCC(C)(CCCCCCc2ccccc2-c2cccc-3c2)CC1. The van der Waals surface area contributed by atoms with E-state index in [0.29, 0.717) is 16.9 Å². The lowest BCUT2D eigenvalue weighted by Crippen LogP contribution is -2.41. The summed E-state index contributed by atoms with van der Waals surface area (Å²) >= 11 is 0. The zero-order valence-electron chi connectivity index (χ0n) is 26.9. The molecule has 7 heteroatoms. The average molecular weight is 595 g/mol. The van der Waals surface area contributed by atoms with Gasteiger partial charge in [0.05, 0.1) is 16.9 Å². The molecule has 44 heavy (non-hydrogen) atoms. The van der Waals surface area contributed by atoms with E-state index in [-0.39, 0.29) is 5.41 Å². The number of ether oxygens (including phenoxy) is 1. The first-order chi connectivity index (χ1) is 21.0. The average Bonchev–Trinajstić information content (AvgIpc) is 3.41. The van der Waals surface area contributed by atoms with Gasteiger partial charge < -0.3 is 14.7 Å². The smallest absolute Gasteiger partial charge is 0.337 e. The normalized spacial score (nSPS) is 18.0. The number of benzene rings is 2. The number of fused-ring (bicyclic) bond motifs is 7. The Morgan fingerprint density at radius 1 is 0.955 bits per heavy atom. The van der Waals surface area contributed by atoms with Gasteiger partial charge in [-0.05, 0) is 88.0 Å². The van der Waals surface area contributed by atoms with E-state index >= 15 is 0 Å². The Balaban J connectivity index is 1.54. The van der Waals surface area contributed by atoms with Crippen LogP contribution < -0.4 is 4.90 Å². The van der Waals surface area contributed by atoms with Gasteiger partial charge >= 0.3 is 5.97 Å². The number of hydrogen-bond acceptors (Lipinski definition) is 5. The first-order valence-electron chi connectivity index (χ1n) is 16.3. The Kier molecular flexibility index (Phi) is 8.27. The van der Waals surface area contributed by atoms with Crippen LogP contribution in [0.1, 0.15) is 95.6 Å². The molecule has 0 amide bonds. The second-order valence-corrected chi connectivity index (χ2v) is 14.1. The van der Waals surface area contributed by atoms with Crippen LogP contribution in [0.4, 0.5) is 5.82 Å². The van der Waals surface area contributed by atoms with Gasteiger partial charge in [-0.25, -0.2) is 9.78 Å². The van der Waals surface area contributed by atoms with E-state index in [1.165, 1.54) is 48.8 Å². The summed E-state index contributed by atoms with van der Waals surface area (Å²) in [5.74, 6) is -0.228. The molecule has 0 unspecified atom stereocenters. The Morgan fingerprint density at radius 3 is 2.43 bits per heavy atom. The number of anilines is 1. The van der Waals surface area contributed by atoms with Crippen LogP contribution in [0.5, 0.6) is 0 Å². The van der Waals surface area contributed by atoms with Crippen LogP contribution in [0.3, 0.4) is 0 Å². The van der Waals surface area contributed by atoms with Crippen LogP contribution in [-0.2, 0) is 16.0 Å². The van der Waals surface area contributed by atoms with Crippen molar-refractivity contribution < 1.29 is 14.6 Å². The van der Waals surface area contributed by atoms with Gasteiger partial charge in [-0.15, -0.1) is 0 Å². The molecule has 5 heterocycles. The summed E-state index contributed by atoms with van der Waals surface area (Å²) in [6.07, 6.45) is 8.19. The largest absolute Gasteiger partial charge is 0.479 e. The minimum absolute atomic E-state index is 0.274. The number of nitrogens with zero attached hydrogens (tertiary/aromatic N) is 4. The highest BCUT2D eigenvalue weighted by molar-refractivity contribution is 5.79. The quantitative estimate of drug-likeness (QED) is 0.256. The fourth-order valence-corrected chi connectivity index (χ4v) is 7.05. The lowest BCUT2D eigenvalue weighted by atomic mass is 9.76. The first-order valence-corrected chi connectivity index (χ1v) is 16.3. The third-order valence-corrected chi connectivity index (χ3v) is 9.50. The molecule has 232 valence electrons. The lowest BCUT2D eigenvalue weighted by Gasteiger charge is -2.41. The molecule has 7 nitrogen and oxygen atoms in total. The maximum atomic E-state index is 12.8. The van der Waals surface area contributed by atoms with Gasteiger partial charge in [-0.1, -0.05) is 68.7 Å². The van der Waals surface area contributed by atoms with Crippen molar-refractivity contribution in [3.8, 4) is 22.4 Å². The third kappa shape index (κ3) is 6.25. The number of aromatic nitrogens is 3. The molecule has 1 fully saturated rings. The highest BCUT2D eigenvalue weighted by Crippen LogP contribution is 2.41. The fraction of sp³-hybridized carbons (Fsp3) is 0.486. The van der Waals surface area contributed by atoms with Gasteiger partial charge in [0.25, 0.3) is 0 Å². The van der Waals surface area contributed by atoms with Crippen molar-refractivity contribution in [2.24, 2.45) is 5.41 Å². The molecular weight excluding hydrogens is 548 g/mol. The van der Waals surface area contributed by atoms with Gasteiger partial charge in [0.2, 0.25) is 0 Å². The van der Waals surface area contributed by atoms with E-state index in [4.69, 9.17) is 14.8 Å². The summed E-state index contributed by atoms with van der Waals surface area (Å²) in [6, 6.07) is 19.4. The summed E-state index contributed by atoms with van der Waals surface area (Å²) in [7, 11) is 0. The molecule has 2 aromatic heterocycles. The summed E-state index contributed by atoms with van der Waals surface area (Å²) in [4.78, 5) is 20.0. The van der Waals surface area contributed by atoms with Crippen LogP contribution in [0, 0.1) is 12.3 Å². The number of hydrogen-bond donors (Lipinski definition) is 1. The van der Waals surface area contributed by atoms with Gasteiger partial charge in [-0.2, -0.15) is 9.61 Å². The molecule has 3 aliphatic heterocycles. The summed E-state index contributed by atoms with van der Waals surface area (Å²) in [5.41, 5.74) is 7.25. The molecule has 7 rings (SSSR count). The molecule has 4 aromatic rings. The number of aliphatic carboxylic acids is 1. The standard InChI is InChI=1S/C37H46N4O3/c1-25-32(33(35(42)43)44-36(2,3)4)34-40-21-19-37(5,20-22-40)18-11-7-6-8-13-26-14-9-10-17-29(26)27-15-12-16-28(23-27)30-24-31(38-25)41(34)39-30/h9-10,12,14-17,23-24,33H,6-8,11,13,18-22H2,1-5H3,(H,42,43)/t33-/m0/s1. The van der Waals surface area contributed by atoms with Crippen molar-refractivity contribution in [1.82, 2.24) is 14.6 Å². The molecular formula is C37H46N4O3. The maximum absolute atomic E-state index is 12.8. The highest BCUT2D eigenvalue weighted by atomic mass is 16.5. The van der Waals surface area contributed by atoms with Crippen molar-refractivity contribution in [3.05, 3.63) is 71.4 Å². The number of carbonyl (C=O) groups is 1. The zero-order chi connectivity index (χ0) is 31.1. The van der Waals surface area contributed by atoms with E-state index in [1.807, 2.05) is 38.3 Å². The van der Waals surface area contributed by atoms with Crippen LogP contribution >= 0.6 is 0 Å². The van der Waals surface area contributed by atoms with Crippen LogP contribution in [-0.4, -0.2) is 44.4 Å². The molecule has 1 N–H and O–H groups in total. The van der Waals surface area contributed by atoms with Crippen molar-refractivity contribution in [3.63, 3.8) is 0 Å². The van der Waals surface area contributed by atoms with Gasteiger partial charge in [0.15, 0.2) is 11.8 Å². The number of aryl methyl sites for hydroxylation is 2. The molecule has 3 aliphatic rings. The molecule has 0 spiro atoms. The van der Waals surface area contributed by atoms with Gasteiger partial charge in [0, 0.05) is 30.4 Å². The molecule has 0 radical (unpaired) electrons. The van der Waals surface area contributed by atoms with Crippen LogP contribution in [0.2, 0.25) is 0 Å². The van der Waals surface area contributed by atoms with Crippen LogP contribution in [0.25, 0.3) is 28.0 Å². The van der Waals surface area contributed by atoms with Crippen molar-refractivity contribution in [1.29, 1.82) is 0 Å². The van der Waals surface area contributed by atoms with Crippen LogP contribution in [0.15, 0.2) is 54.6 Å². The fourth-order valence-electron chi connectivity index (χ4n) is 7.05. The van der Waals surface area contributed by atoms with E-state index < -0.39 is 17.7 Å². The number of carboxylic acid groups (broad SMARTS) is 1. The Labute approximate surface area is 261 Å². The van der Waals surface area contributed by atoms with Crippen molar-refractivity contribution in [2.75, 3.05) is 18.0 Å². The minimum atomic E-state index is -1.16. The van der Waals surface area contributed by atoms with Crippen molar-refractivity contribution >= 4 is 17.4 Å². The molecule has 6 bridgehead atoms. The van der Waals surface area contributed by atoms with Crippen molar-refractivity contribution in [2.45, 2.75) is 97.7 Å². The van der Waals surface area contributed by atoms with E-state index in [1.54, 1.807) is 0 Å². The van der Waals surface area contributed by atoms with Gasteiger partial charge in [-0.3, -0.25) is 0 Å². The molecule has 1 atom stereocenters. The predicted molar refractivity (Wildman–Crippen MR) is 176 cm³/mol. The van der Waals surface area contributed by atoms with E-state index in [0.717, 1.165) is 49.4 Å². The van der Waals surface area contributed by atoms with E-state index in [2.05, 4.69) is 60.4 Å². The predicted octanol–water partition coefficient (Wildman–Crippen LogP) is 8.43. The Morgan fingerprint density at radius 2 is 1.68 bits per heavy atom. The summed E-state index contributed by atoms with van der Waals surface area (Å²) < 4.78 is 8.09. The monoisotopic (exact) mass is 594 g/mol. The second kappa shape index (κ2) is 12.0. The Bertz CT molecular complexity index is 1660. The molecule has 1 saturated heterocycles. The zero-order valence-corrected chi connectivity index (χ0v) is 26.9. The highest BCUT2D eigenvalue weighted by Gasteiger charge is 2.37. The van der Waals surface area contributed by atoms with E-state index in [9.17, 15) is 9.90 Å². The first kappa shape index (κ1) is 30.3. The molecule has 0 saturated carbocycles. The van der Waals surface area contributed by atoms with Gasteiger partial charge in [0.1, 0.15) is 5.82 Å². The summed E-state index contributed by atoms with van der Waals surface area (Å²) in [6.45, 7) is 11.7. The minimum Gasteiger partial charge on any atom is -0.479 e. The number of rotatable bonds is 3. The second-order valence-electron chi connectivity index (χ2n) is 14.1. The molecule has 2 aromatic carbocycles. The maximum Gasteiger partial charge on any atom is 0.337 e. The summed E-state index contributed by atoms with van der Waals surface area (Å²) in [5, 5.41) is 15.6. The third-order valence-electron chi connectivity index (χ3n) is 9.50.